The van der Waals surface area contributed by atoms with Crippen LogP contribution < -0.4 is 10.5 Å². The summed E-state index contributed by atoms with van der Waals surface area (Å²) < 4.78 is 9.90. The van der Waals surface area contributed by atoms with Crippen molar-refractivity contribution in [3.63, 3.8) is 0 Å². The maximum atomic E-state index is 11.4. The maximum Gasteiger partial charge on any atom is 0.306 e. The average molecular weight is 309 g/mol. The van der Waals surface area contributed by atoms with Gasteiger partial charge >= 0.3 is 5.97 Å². The summed E-state index contributed by atoms with van der Waals surface area (Å²) in [6, 6.07) is 7.88. The van der Waals surface area contributed by atoms with E-state index >= 15 is 0 Å². The number of methoxy groups -OCH3 is 2. The largest absolute Gasteiger partial charge is 0.497 e. The zero-order valence-corrected chi connectivity index (χ0v) is 13.4. The first-order valence-electron chi connectivity index (χ1n) is 7.13. The molecule has 1 aromatic carbocycles. The summed E-state index contributed by atoms with van der Waals surface area (Å²) >= 11 is 1.82. The third kappa shape index (κ3) is 4.64. The number of hydrogen-bond donors (Lipinski definition) is 1. The van der Waals surface area contributed by atoms with Crippen molar-refractivity contribution in [2.45, 2.75) is 25.3 Å². The Hall–Kier alpha value is -1.20. The minimum Gasteiger partial charge on any atom is -0.497 e. The van der Waals surface area contributed by atoms with Crippen LogP contribution in [0.2, 0.25) is 0 Å². The van der Waals surface area contributed by atoms with Crippen molar-refractivity contribution >= 4 is 17.7 Å². The molecule has 0 amide bonds. The van der Waals surface area contributed by atoms with Gasteiger partial charge in [0, 0.05) is 11.8 Å². The quantitative estimate of drug-likeness (QED) is 0.748. The van der Waals surface area contributed by atoms with Gasteiger partial charge in [-0.1, -0.05) is 12.1 Å². The van der Waals surface area contributed by atoms with Crippen LogP contribution in [-0.2, 0) is 9.53 Å². The van der Waals surface area contributed by atoms with E-state index in [1.54, 1.807) is 7.11 Å². The SMILES string of the molecule is COC(=O)CC1(CSCC(N)c2ccc(OC)cc2)CC1. The van der Waals surface area contributed by atoms with E-state index in [4.69, 9.17) is 15.2 Å². The van der Waals surface area contributed by atoms with Gasteiger partial charge in [0.05, 0.1) is 20.6 Å². The second-order valence-corrected chi connectivity index (χ2v) is 6.68. The van der Waals surface area contributed by atoms with Crippen LogP contribution >= 0.6 is 11.8 Å². The molecule has 0 aromatic heterocycles. The van der Waals surface area contributed by atoms with E-state index in [1.165, 1.54) is 7.11 Å². The minimum absolute atomic E-state index is 0.00910. The maximum absolute atomic E-state index is 11.4. The van der Waals surface area contributed by atoms with Gasteiger partial charge in [-0.25, -0.2) is 0 Å². The third-order valence-corrected chi connectivity index (χ3v) is 5.37. The molecule has 1 aromatic rings. The first-order valence-corrected chi connectivity index (χ1v) is 8.28. The highest BCUT2D eigenvalue weighted by Crippen LogP contribution is 2.51. The number of ether oxygens (including phenoxy) is 2. The molecule has 5 heteroatoms. The Morgan fingerprint density at radius 2 is 2.00 bits per heavy atom. The van der Waals surface area contributed by atoms with E-state index < -0.39 is 0 Å². The molecule has 21 heavy (non-hydrogen) atoms. The smallest absolute Gasteiger partial charge is 0.306 e. The van der Waals surface area contributed by atoms with Crippen LogP contribution in [0, 0.1) is 5.41 Å². The summed E-state index contributed by atoms with van der Waals surface area (Å²) in [7, 11) is 3.10. The molecule has 2 N–H and O–H groups in total. The highest BCUT2D eigenvalue weighted by Gasteiger charge is 2.44. The number of rotatable bonds is 8. The molecule has 1 saturated carbocycles. The molecule has 0 spiro atoms. The Labute approximate surface area is 130 Å². The molecular formula is C16H23NO3S. The molecule has 1 aliphatic rings. The zero-order valence-electron chi connectivity index (χ0n) is 12.6. The summed E-state index contributed by atoms with van der Waals surface area (Å²) in [4.78, 5) is 11.4. The van der Waals surface area contributed by atoms with Crippen LogP contribution in [-0.4, -0.2) is 31.7 Å². The van der Waals surface area contributed by atoms with Gasteiger partial charge in [0.25, 0.3) is 0 Å². The van der Waals surface area contributed by atoms with Crippen molar-refractivity contribution in [1.82, 2.24) is 0 Å². The molecule has 4 nitrogen and oxygen atoms in total. The number of benzene rings is 1. The van der Waals surface area contributed by atoms with E-state index in [0.717, 1.165) is 35.7 Å². The second kappa shape index (κ2) is 7.18. The van der Waals surface area contributed by atoms with Crippen molar-refractivity contribution in [3.05, 3.63) is 29.8 Å². The summed E-state index contributed by atoms with van der Waals surface area (Å²) in [5.41, 5.74) is 7.49. The van der Waals surface area contributed by atoms with E-state index in [9.17, 15) is 4.79 Å². The molecule has 1 fully saturated rings. The van der Waals surface area contributed by atoms with Crippen molar-refractivity contribution in [2.24, 2.45) is 11.1 Å². The molecule has 0 aliphatic heterocycles. The van der Waals surface area contributed by atoms with E-state index in [1.807, 2.05) is 36.0 Å². The summed E-state index contributed by atoms with van der Waals surface area (Å²) in [6.45, 7) is 0. The predicted octanol–water partition coefficient (Wildman–Crippen LogP) is 2.77. The van der Waals surface area contributed by atoms with Gasteiger partial charge in [-0.05, 0) is 41.7 Å². The van der Waals surface area contributed by atoms with Gasteiger partial charge in [0.15, 0.2) is 0 Å². The van der Waals surface area contributed by atoms with Crippen LogP contribution in [0.25, 0.3) is 0 Å². The Morgan fingerprint density at radius 3 is 2.52 bits per heavy atom. The lowest BCUT2D eigenvalue weighted by Gasteiger charge is -2.16. The molecule has 0 saturated heterocycles. The Balaban J connectivity index is 1.76. The summed E-state index contributed by atoms with van der Waals surface area (Å²) in [6.07, 6.45) is 2.77. The first kappa shape index (κ1) is 16.2. The van der Waals surface area contributed by atoms with Crippen LogP contribution in [0.4, 0.5) is 0 Å². The Bertz CT molecular complexity index is 471. The van der Waals surface area contributed by atoms with Gasteiger partial charge in [-0.3, -0.25) is 4.79 Å². The van der Waals surface area contributed by atoms with Crippen LogP contribution in [0.15, 0.2) is 24.3 Å². The Morgan fingerprint density at radius 1 is 1.33 bits per heavy atom. The van der Waals surface area contributed by atoms with E-state index in [-0.39, 0.29) is 17.4 Å². The molecule has 1 aliphatic carbocycles. The van der Waals surface area contributed by atoms with E-state index in [0.29, 0.717) is 6.42 Å². The van der Waals surface area contributed by atoms with Gasteiger partial charge in [0.1, 0.15) is 5.75 Å². The lowest BCUT2D eigenvalue weighted by Crippen LogP contribution is -2.17. The topological polar surface area (TPSA) is 61.5 Å². The number of thioether (sulfide) groups is 1. The molecule has 0 radical (unpaired) electrons. The number of nitrogens with two attached hydrogens (primary N) is 1. The fourth-order valence-corrected chi connectivity index (χ4v) is 3.66. The van der Waals surface area contributed by atoms with Crippen molar-refractivity contribution in [1.29, 1.82) is 0 Å². The lowest BCUT2D eigenvalue weighted by atomic mass is 10.1. The molecular weight excluding hydrogens is 286 g/mol. The molecule has 2 rings (SSSR count). The Kier molecular flexibility index (Phi) is 5.53. The number of esters is 1. The third-order valence-electron chi connectivity index (χ3n) is 3.95. The van der Waals surface area contributed by atoms with Crippen molar-refractivity contribution in [2.75, 3.05) is 25.7 Å². The first-order chi connectivity index (χ1) is 10.1. The molecule has 1 unspecified atom stereocenters. The zero-order chi connectivity index (χ0) is 15.3. The highest BCUT2D eigenvalue weighted by atomic mass is 32.2. The van der Waals surface area contributed by atoms with Crippen molar-refractivity contribution < 1.29 is 14.3 Å². The summed E-state index contributed by atoms with van der Waals surface area (Å²) in [5, 5.41) is 0. The molecule has 0 bridgehead atoms. The fraction of sp³-hybridized carbons (Fsp3) is 0.562. The van der Waals surface area contributed by atoms with E-state index in [2.05, 4.69) is 0 Å². The van der Waals surface area contributed by atoms with Crippen molar-refractivity contribution in [3.8, 4) is 5.75 Å². The second-order valence-electron chi connectivity index (χ2n) is 5.65. The average Bonchev–Trinajstić information content (AvgIpc) is 3.26. The van der Waals surface area contributed by atoms with Crippen LogP contribution in [0.3, 0.4) is 0 Å². The monoisotopic (exact) mass is 309 g/mol. The highest BCUT2D eigenvalue weighted by molar-refractivity contribution is 7.99. The minimum atomic E-state index is -0.104. The van der Waals surface area contributed by atoms with Gasteiger partial charge in [-0.15, -0.1) is 0 Å². The number of hydrogen-bond acceptors (Lipinski definition) is 5. The standard InChI is InChI=1S/C16H23NO3S/c1-19-13-5-3-12(4-6-13)14(17)10-21-11-16(7-8-16)9-15(18)20-2/h3-6,14H,7-11,17H2,1-2H3. The lowest BCUT2D eigenvalue weighted by molar-refractivity contribution is -0.141. The van der Waals surface area contributed by atoms with Crippen LogP contribution in [0.5, 0.6) is 5.75 Å². The molecule has 0 heterocycles. The molecule has 1 atom stereocenters. The normalized spacial score (nSPS) is 17.1. The molecule has 116 valence electrons. The number of carbonyl (C=O) groups is 1. The predicted molar refractivity (Wildman–Crippen MR) is 85.5 cm³/mol. The summed E-state index contributed by atoms with van der Waals surface area (Å²) in [5.74, 6) is 2.57. The van der Waals surface area contributed by atoms with Gasteiger partial charge < -0.3 is 15.2 Å². The number of carbonyl (C=O) groups excluding carboxylic acids is 1. The van der Waals surface area contributed by atoms with Gasteiger partial charge in [-0.2, -0.15) is 11.8 Å². The van der Waals surface area contributed by atoms with Gasteiger partial charge in [0.2, 0.25) is 0 Å². The van der Waals surface area contributed by atoms with Crippen LogP contribution in [0.1, 0.15) is 30.9 Å². The fourth-order valence-electron chi connectivity index (χ4n) is 2.28.